The van der Waals surface area contributed by atoms with Gasteiger partial charge >= 0.3 is 0 Å². The van der Waals surface area contributed by atoms with E-state index in [4.69, 9.17) is 11.6 Å². The Morgan fingerprint density at radius 2 is 1.52 bits per heavy atom. The van der Waals surface area contributed by atoms with E-state index >= 15 is 0 Å². The zero-order chi connectivity index (χ0) is 18.9. The maximum Gasteiger partial charge on any atom is 0.239 e. The number of amides is 2. The van der Waals surface area contributed by atoms with Crippen LogP contribution in [0.5, 0.6) is 0 Å². The van der Waals surface area contributed by atoms with Gasteiger partial charge in [0.1, 0.15) is 0 Å². The van der Waals surface area contributed by atoms with Crippen LogP contribution in [0.4, 0.5) is 0 Å². The summed E-state index contributed by atoms with van der Waals surface area (Å²) in [4.78, 5) is 24.5. The number of halogens is 1. The van der Waals surface area contributed by atoms with Gasteiger partial charge in [-0.15, -0.1) is 0 Å². The number of hydrogen-bond acceptors (Lipinski definition) is 2. The summed E-state index contributed by atoms with van der Waals surface area (Å²) in [6.45, 7) is 0.636. The van der Waals surface area contributed by atoms with E-state index in [9.17, 15) is 9.59 Å². The van der Waals surface area contributed by atoms with Crippen molar-refractivity contribution in [2.75, 3.05) is 13.1 Å². The molecule has 4 aliphatic carbocycles. The van der Waals surface area contributed by atoms with E-state index in [0.29, 0.717) is 18.0 Å². The van der Waals surface area contributed by atoms with Crippen LogP contribution in [0.3, 0.4) is 0 Å². The van der Waals surface area contributed by atoms with Gasteiger partial charge in [0.25, 0.3) is 0 Å². The summed E-state index contributed by atoms with van der Waals surface area (Å²) in [5, 5.41) is 6.43. The second-order valence-electron chi connectivity index (χ2n) is 9.10. The van der Waals surface area contributed by atoms with Gasteiger partial charge in [0, 0.05) is 18.0 Å². The normalized spacial score (nSPS) is 30.9. The van der Waals surface area contributed by atoms with Crippen molar-refractivity contribution in [1.82, 2.24) is 10.6 Å². The molecule has 0 unspecified atom stereocenters. The van der Waals surface area contributed by atoms with Gasteiger partial charge in [0.2, 0.25) is 11.8 Å². The maximum atomic E-state index is 12.5. The molecule has 4 aliphatic rings. The number of carbonyl (C=O) groups is 2. The van der Waals surface area contributed by atoms with Gasteiger partial charge in [-0.2, -0.15) is 0 Å². The molecule has 4 bridgehead atoms. The molecule has 5 rings (SSSR count). The quantitative estimate of drug-likeness (QED) is 0.747. The van der Waals surface area contributed by atoms with Crippen LogP contribution in [0.2, 0.25) is 5.02 Å². The van der Waals surface area contributed by atoms with Crippen LogP contribution in [-0.4, -0.2) is 24.9 Å². The largest absolute Gasteiger partial charge is 0.354 e. The first kappa shape index (κ1) is 18.8. The van der Waals surface area contributed by atoms with E-state index in [2.05, 4.69) is 10.6 Å². The average Bonchev–Trinajstić information content (AvgIpc) is 2.60. The third kappa shape index (κ3) is 4.66. The summed E-state index contributed by atoms with van der Waals surface area (Å²) in [6, 6.07) is 7.62. The SMILES string of the molecule is O=C(CNC(=O)CC12CC3CC(CC(C3)C1)C2)NCCc1ccc(Cl)cc1. The summed E-state index contributed by atoms with van der Waals surface area (Å²) < 4.78 is 0. The molecular weight excluding hydrogens is 360 g/mol. The Labute approximate surface area is 166 Å². The third-order valence-electron chi connectivity index (χ3n) is 6.80. The predicted octanol–water partition coefficient (Wildman–Crippen LogP) is 3.72. The lowest BCUT2D eigenvalue weighted by molar-refractivity contribution is -0.131. The van der Waals surface area contributed by atoms with Crippen LogP contribution in [-0.2, 0) is 16.0 Å². The summed E-state index contributed by atoms with van der Waals surface area (Å²) >= 11 is 5.87. The highest BCUT2D eigenvalue weighted by Gasteiger charge is 2.51. The second kappa shape index (κ2) is 7.83. The zero-order valence-corrected chi connectivity index (χ0v) is 16.6. The minimum absolute atomic E-state index is 0.0461. The predicted molar refractivity (Wildman–Crippen MR) is 106 cm³/mol. The minimum atomic E-state index is -0.122. The molecule has 2 amide bonds. The summed E-state index contributed by atoms with van der Waals surface area (Å²) in [6.07, 6.45) is 9.18. The molecule has 4 nitrogen and oxygen atoms in total. The lowest BCUT2D eigenvalue weighted by Gasteiger charge is -2.56. The molecule has 1 aromatic carbocycles. The van der Waals surface area contributed by atoms with E-state index < -0.39 is 0 Å². The third-order valence-corrected chi connectivity index (χ3v) is 7.05. The van der Waals surface area contributed by atoms with Crippen molar-refractivity contribution in [3.05, 3.63) is 34.9 Å². The first-order valence-corrected chi connectivity index (χ1v) is 10.7. The van der Waals surface area contributed by atoms with Crippen LogP contribution in [0.1, 0.15) is 50.5 Å². The first-order valence-electron chi connectivity index (χ1n) is 10.3. The van der Waals surface area contributed by atoms with Gasteiger partial charge in [-0.3, -0.25) is 9.59 Å². The average molecular weight is 389 g/mol. The highest BCUT2D eigenvalue weighted by molar-refractivity contribution is 6.30. The second-order valence-corrected chi connectivity index (χ2v) is 9.53. The fraction of sp³-hybridized carbons (Fsp3) is 0.636. The number of rotatable bonds is 7. The van der Waals surface area contributed by atoms with Crippen LogP contribution in [0.15, 0.2) is 24.3 Å². The van der Waals surface area contributed by atoms with Crippen molar-refractivity contribution >= 4 is 23.4 Å². The molecule has 0 atom stereocenters. The van der Waals surface area contributed by atoms with Crippen LogP contribution in [0.25, 0.3) is 0 Å². The number of benzene rings is 1. The molecular formula is C22H29ClN2O2. The molecule has 5 heteroatoms. The topological polar surface area (TPSA) is 58.2 Å². The molecule has 0 saturated heterocycles. The Morgan fingerprint density at radius 3 is 2.11 bits per heavy atom. The summed E-state index contributed by atoms with van der Waals surface area (Å²) in [7, 11) is 0. The van der Waals surface area contributed by atoms with Gasteiger partial charge < -0.3 is 10.6 Å². The van der Waals surface area contributed by atoms with Gasteiger partial charge in [-0.05, 0) is 85.8 Å². The number of hydrogen-bond donors (Lipinski definition) is 2. The van der Waals surface area contributed by atoms with Crippen molar-refractivity contribution < 1.29 is 9.59 Å². The van der Waals surface area contributed by atoms with E-state index in [0.717, 1.165) is 29.7 Å². The van der Waals surface area contributed by atoms with E-state index in [1.165, 1.54) is 38.5 Å². The Morgan fingerprint density at radius 1 is 0.926 bits per heavy atom. The molecule has 27 heavy (non-hydrogen) atoms. The van der Waals surface area contributed by atoms with E-state index in [1.54, 1.807) is 0 Å². The van der Waals surface area contributed by atoms with Crippen molar-refractivity contribution in [2.24, 2.45) is 23.2 Å². The van der Waals surface area contributed by atoms with Crippen molar-refractivity contribution in [3.8, 4) is 0 Å². The fourth-order valence-corrected chi connectivity index (χ4v) is 6.27. The van der Waals surface area contributed by atoms with Crippen molar-refractivity contribution in [1.29, 1.82) is 0 Å². The Kier molecular flexibility index (Phi) is 5.45. The van der Waals surface area contributed by atoms with Crippen LogP contribution < -0.4 is 10.6 Å². The molecule has 4 saturated carbocycles. The molecule has 0 aliphatic heterocycles. The standard InChI is InChI=1S/C22H29ClN2O2/c23-19-3-1-15(2-4-19)5-6-24-21(27)14-25-20(26)13-22-10-16-7-17(11-22)9-18(8-16)12-22/h1-4,16-18H,5-14H2,(H,24,27)(H,25,26). The van der Waals surface area contributed by atoms with E-state index in [-0.39, 0.29) is 23.8 Å². The monoisotopic (exact) mass is 388 g/mol. The minimum Gasteiger partial charge on any atom is -0.354 e. The highest BCUT2D eigenvalue weighted by atomic mass is 35.5. The van der Waals surface area contributed by atoms with Crippen molar-refractivity contribution in [2.45, 2.75) is 51.4 Å². The summed E-state index contributed by atoms with van der Waals surface area (Å²) in [5.41, 5.74) is 1.36. The molecule has 1 aromatic rings. The Bertz CT molecular complexity index is 665. The summed E-state index contributed by atoms with van der Waals surface area (Å²) in [5.74, 6) is 2.47. The maximum absolute atomic E-state index is 12.5. The lowest BCUT2D eigenvalue weighted by Crippen LogP contribution is -2.48. The Balaban J connectivity index is 1.17. The number of carbonyl (C=O) groups excluding carboxylic acids is 2. The first-order chi connectivity index (χ1) is 13.0. The molecule has 0 aromatic heterocycles. The zero-order valence-electron chi connectivity index (χ0n) is 15.8. The van der Waals surface area contributed by atoms with Gasteiger partial charge in [0.15, 0.2) is 0 Å². The van der Waals surface area contributed by atoms with Gasteiger partial charge in [0.05, 0.1) is 6.54 Å². The smallest absolute Gasteiger partial charge is 0.239 e. The molecule has 2 N–H and O–H groups in total. The van der Waals surface area contributed by atoms with Crippen molar-refractivity contribution in [3.63, 3.8) is 0 Å². The molecule has 0 spiro atoms. The van der Waals surface area contributed by atoms with Gasteiger partial charge in [-0.25, -0.2) is 0 Å². The highest BCUT2D eigenvalue weighted by Crippen LogP contribution is 2.61. The fourth-order valence-electron chi connectivity index (χ4n) is 6.15. The molecule has 0 radical (unpaired) electrons. The van der Waals surface area contributed by atoms with Crippen LogP contribution >= 0.6 is 11.6 Å². The van der Waals surface area contributed by atoms with Crippen LogP contribution in [0, 0.1) is 23.2 Å². The van der Waals surface area contributed by atoms with Gasteiger partial charge in [-0.1, -0.05) is 23.7 Å². The molecule has 0 heterocycles. The number of nitrogens with one attached hydrogen (secondary N) is 2. The molecule has 146 valence electrons. The Hall–Kier alpha value is -1.55. The van der Waals surface area contributed by atoms with E-state index in [1.807, 2.05) is 24.3 Å². The molecule has 4 fully saturated rings. The lowest BCUT2D eigenvalue weighted by atomic mass is 9.49.